The van der Waals surface area contributed by atoms with Gasteiger partial charge in [0.25, 0.3) is 0 Å². The molecule has 13 heteroatoms. The van der Waals surface area contributed by atoms with Crippen molar-refractivity contribution in [2.45, 2.75) is 24.4 Å². The molecule has 0 amide bonds. The molecule has 4 atom stereocenters. The summed E-state index contributed by atoms with van der Waals surface area (Å²) in [5.74, 6) is -10.6. The molecule has 13 nitrogen and oxygen atoms in total. The van der Waals surface area contributed by atoms with Gasteiger partial charge in [0.15, 0.2) is 6.10 Å². The summed E-state index contributed by atoms with van der Waals surface area (Å²) < 4.78 is 14.2. The zero-order chi connectivity index (χ0) is 26.1. The first kappa shape index (κ1) is 26.5. The van der Waals surface area contributed by atoms with Crippen molar-refractivity contribution in [3.8, 4) is 0 Å². The van der Waals surface area contributed by atoms with Gasteiger partial charge in [-0.25, -0.2) is 28.8 Å². The van der Waals surface area contributed by atoms with E-state index in [2.05, 4.69) is 4.74 Å². The summed E-state index contributed by atoms with van der Waals surface area (Å²) in [4.78, 5) is 71.7. The van der Waals surface area contributed by atoms with E-state index in [1.807, 2.05) is 0 Å². The first-order valence-corrected chi connectivity index (χ1v) is 9.62. The zero-order valence-electron chi connectivity index (χ0n) is 17.5. The van der Waals surface area contributed by atoms with Crippen molar-refractivity contribution in [2.75, 3.05) is 0 Å². The molecule has 0 aliphatic carbocycles. The van der Waals surface area contributed by atoms with Crippen molar-refractivity contribution < 1.29 is 63.4 Å². The van der Waals surface area contributed by atoms with E-state index in [9.17, 15) is 39.0 Å². The van der Waals surface area contributed by atoms with Gasteiger partial charge in [-0.15, -0.1) is 0 Å². The minimum atomic E-state index is -2.75. The molecule has 2 aromatic rings. The third-order valence-electron chi connectivity index (χ3n) is 4.26. The second-order valence-corrected chi connectivity index (χ2v) is 6.70. The number of aliphatic hydroxyl groups is 1. The summed E-state index contributed by atoms with van der Waals surface area (Å²) in [7, 11) is 0. The first-order chi connectivity index (χ1) is 16.5. The number of carboxylic acid groups (broad SMARTS) is 3. The Morgan fingerprint density at radius 2 is 0.943 bits per heavy atom. The summed E-state index contributed by atoms with van der Waals surface area (Å²) in [5, 5.41) is 37.0. The zero-order valence-corrected chi connectivity index (χ0v) is 17.5. The average Bonchev–Trinajstić information content (AvgIpc) is 2.84. The van der Waals surface area contributed by atoms with Crippen LogP contribution in [-0.4, -0.2) is 80.7 Å². The van der Waals surface area contributed by atoms with Crippen molar-refractivity contribution in [1.82, 2.24) is 0 Å². The van der Waals surface area contributed by atoms with Gasteiger partial charge in [-0.1, -0.05) is 36.4 Å². The summed E-state index contributed by atoms with van der Waals surface area (Å²) in [6.45, 7) is 0. The lowest BCUT2D eigenvalue weighted by Crippen LogP contribution is -2.50. The molecule has 0 fully saturated rings. The van der Waals surface area contributed by atoms with Crippen LogP contribution in [0.25, 0.3) is 0 Å². The van der Waals surface area contributed by atoms with Crippen molar-refractivity contribution in [3.05, 3.63) is 71.8 Å². The van der Waals surface area contributed by atoms with E-state index < -0.39 is 60.2 Å². The molecule has 0 spiro atoms. The van der Waals surface area contributed by atoms with E-state index in [1.165, 1.54) is 54.6 Å². The van der Waals surface area contributed by atoms with E-state index >= 15 is 0 Å². The second kappa shape index (κ2) is 11.9. The van der Waals surface area contributed by atoms with Gasteiger partial charge >= 0.3 is 35.8 Å². The second-order valence-electron chi connectivity index (χ2n) is 6.70. The predicted molar refractivity (Wildman–Crippen MR) is 110 cm³/mol. The van der Waals surface area contributed by atoms with Crippen LogP contribution in [0.15, 0.2) is 60.7 Å². The fraction of sp³-hybridized carbons (Fsp3) is 0.182. The number of hydrogen-bond donors (Lipinski definition) is 4. The third-order valence-corrected chi connectivity index (χ3v) is 4.26. The Labute approximate surface area is 196 Å². The van der Waals surface area contributed by atoms with Crippen molar-refractivity contribution in [2.24, 2.45) is 0 Å². The van der Waals surface area contributed by atoms with Gasteiger partial charge in [0.05, 0.1) is 11.1 Å². The fourth-order valence-electron chi connectivity index (χ4n) is 2.56. The number of benzene rings is 2. The van der Waals surface area contributed by atoms with Crippen LogP contribution in [0.2, 0.25) is 0 Å². The molecule has 0 aromatic heterocycles. The molecule has 4 N–H and O–H groups in total. The van der Waals surface area contributed by atoms with E-state index in [0.717, 1.165) is 0 Å². The minimum absolute atomic E-state index is 0.134. The number of carbonyl (C=O) groups is 6. The molecule has 2 rings (SSSR count). The molecule has 0 saturated heterocycles. The third kappa shape index (κ3) is 7.10. The summed E-state index contributed by atoms with van der Waals surface area (Å²) in [5.41, 5.74) is -0.297. The number of ether oxygens (including phenoxy) is 3. The molecule has 184 valence electrons. The average molecular weight is 490 g/mol. The maximum atomic E-state index is 12.7. The monoisotopic (exact) mass is 490 g/mol. The Balaban J connectivity index is 2.41. The maximum absolute atomic E-state index is 12.7. The van der Waals surface area contributed by atoms with Crippen LogP contribution in [0.3, 0.4) is 0 Å². The Kier molecular flexibility index (Phi) is 9.00. The first-order valence-electron chi connectivity index (χ1n) is 9.62. The van der Waals surface area contributed by atoms with E-state index in [4.69, 9.17) is 19.7 Å². The number of carbonyl (C=O) groups excluding carboxylic acids is 3. The number of aliphatic hydroxyl groups excluding tert-OH is 1. The summed E-state index contributed by atoms with van der Waals surface area (Å²) in [6.07, 6.45) is -10.6. The largest absolute Gasteiger partial charge is 0.479 e. The highest BCUT2D eigenvalue weighted by atomic mass is 16.6. The number of esters is 3. The van der Waals surface area contributed by atoms with Gasteiger partial charge in [0.1, 0.15) is 0 Å². The van der Waals surface area contributed by atoms with E-state index in [-0.39, 0.29) is 11.1 Å². The van der Waals surface area contributed by atoms with Crippen molar-refractivity contribution in [1.29, 1.82) is 0 Å². The molecule has 2 unspecified atom stereocenters. The van der Waals surface area contributed by atoms with Crippen LogP contribution < -0.4 is 0 Å². The van der Waals surface area contributed by atoms with Crippen LogP contribution in [0.1, 0.15) is 20.7 Å². The van der Waals surface area contributed by atoms with Crippen LogP contribution >= 0.6 is 0 Å². The molecule has 0 bridgehead atoms. The summed E-state index contributed by atoms with van der Waals surface area (Å²) >= 11 is 0. The molecular formula is C22H18O13. The minimum Gasteiger partial charge on any atom is -0.479 e. The molecule has 0 heterocycles. The Hall–Kier alpha value is -4.78. The smallest absolute Gasteiger partial charge is 0.353 e. The number of carboxylic acids is 3. The molecule has 0 aliphatic heterocycles. The van der Waals surface area contributed by atoms with Crippen molar-refractivity contribution in [3.63, 3.8) is 0 Å². The fourth-order valence-corrected chi connectivity index (χ4v) is 2.56. The van der Waals surface area contributed by atoms with Crippen LogP contribution in [0.4, 0.5) is 0 Å². The standard InChI is InChI=1S/C22H18O13/c23-13(17(24)25)14(18(26)27)33-22(32)16(35-21(31)12-9-5-2-6-10-12)15(19(28)29)34-20(30)11-7-3-1-4-8-11/h1-10,13-16,23H,(H,24,25)(H,26,27)(H,28,29)/t13?,14?,15-,16-/m0/s1. The SMILES string of the molecule is O=C(O[C@H](C(=O)O)[C@H](OC(=O)c1ccccc1)C(=O)OC(C(=O)O)C(O)C(=O)O)c1ccccc1. The van der Waals surface area contributed by atoms with Crippen LogP contribution in [0, 0.1) is 0 Å². The molecule has 0 saturated carbocycles. The lowest BCUT2D eigenvalue weighted by Gasteiger charge is -2.25. The lowest BCUT2D eigenvalue weighted by atomic mass is 10.1. The highest BCUT2D eigenvalue weighted by molar-refractivity contribution is 5.96. The van der Waals surface area contributed by atoms with Gasteiger partial charge < -0.3 is 34.6 Å². The van der Waals surface area contributed by atoms with Gasteiger partial charge in [0.2, 0.25) is 18.3 Å². The van der Waals surface area contributed by atoms with Crippen LogP contribution in [0.5, 0.6) is 0 Å². The Bertz CT molecular complexity index is 1100. The van der Waals surface area contributed by atoms with Crippen molar-refractivity contribution >= 4 is 35.8 Å². The molecule has 0 radical (unpaired) electrons. The summed E-state index contributed by atoms with van der Waals surface area (Å²) in [6, 6.07) is 13.8. The van der Waals surface area contributed by atoms with Gasteiger partial charge in [0, 0.05) is 0 Å². The number of aliphatic carboxylic acids is 3. The quantitative estimate of drug-likeness (QED) is 0.241. The van der Waals surface area contributed by atoms with Gasteiger partial charge in [-0.05, 0) is 24.3 Å². The van der Waals surface area contributed by atoms with Gasteiger partial charge in [-0.3, -0.25) is 0 Å². The molecular weight excluding hydrogens is 472 g/mol. The Morgan fingerprint density at radius 3 is 1.31 bits per heavy atom. The lowest BCUT2D eigenvalue weighted by molar-refractivity contribution is -0.188. The topological polar surface area (TPSA) is 211 Å². The van der Waals surface area contributed by atoms with E-state index in [1.54, 1.807) is 6.07 Å². The van der Waals surface area contributed by atoms with Gasteiger partial charge in [-0.2, -0.15) is 0 Å². The molecule has 35 heavy (non-hydrogen) atoms. The predicted octanol–water partition coefficient (Wildman–Crippen LogP) is -0.0359. The van der Waals surface area contributed by atoms with Crippen LogP contribution in [-0.2, 0) is 33.4 Å². The molecule has 2 aromatic carbocycles. The molecule has 0 aliphatic rings. The maximum Gasteiger partial charge on any atom is 0.353 e. The Morgan fingerprint density at radius 1 is 0.543 bits per heavy atom. The highest BCUT2D eigenvalue weighted by Gasteiger charge is 2.45. The highest BCUT2D eigenvalue weighted by Crippen LogP contribution is 2.16. The number of hydrogen-bond acceptors (Lipinski definition) is 10. The normalized spacial score (nSPS) is 13.9. The van der Waals surface area contributed by atoms with E-state index in [0.29, 0.717) is 0 Å². The number of rotatable bonds is 11.